The van der Waals surface area contributed by atoms with Crippen LogP contribution in [0.5, 0.6) is 0 Å². The van der Waals surface area contributed by atoms with Gasteiger partial charge in [0.25, 0.3) is 0 Å². The Morgan fingerprint density at radius 1 is 1.14 bits per heavy atom. The SMILES string of the molecule is NCCC1CCC(CCC2=CC=C(OC(F)(F)F)CC2)O1. The third-order valence-corrected chi connectivity index (χ3v) is 3.92. The van der Waals surface area contributed by atoms with Crippen LogP contribution in [0.4, 0.5) is 13.2 Å². The van der Waals surface area contributed by atoms with Gasteiger partial charge >= 0.3 is 6.36 Å². The van der Waals surface area contributed by atoms with E-state index in [9.17, 15) is 13.2 Å². The third kappa shape index (κ3) is 5.71. The monoisotopic (exact) mass is 305 g/mol. The van der Waals surface area contributed by atoms with Crippen molar-refractivity contribution in [2.24, 2.45) is 5.73 Å². The van der Waals surface area contributed by atoms with Crippen molar-refractivity contribution >= 4 is 0 Å². The molecule has 2 N–H and O–H groups in total. The number of nitrogens with two attached hydrogens (primary N) is 1. The average molecular weight is 305 g/mol. The van der Waals surface area contributed by atoms with Gasteiger partial charge in [0.2, 0.25) is 0 Å². The van der Waals surface area contributed by atoms with E-state index in [1.165, 1.54) is 6.08 Å². The lowest BCUT2D eigenvalue weighted by molar-refractivity contribution is -0.306. The molecule has 1 aliphatic heterocycles. The van der Waals surface area contributed by atoms with Crippen LogP contribution in [0.25, 0.3) is 0 Å². The van der Waals surface area contributed by atoms with Crippen LogP contribution in [0.2, 0.25) is 0 Å². The lowest BCUT2D eigenvalue weighted by Crippen LogP contribution is -2.15. The molecule has 21 heavy (non-hydrogen) atoms. The van der Waals surface area contributed by atoms with Crippen LogP contribution in [-0.2, 0) is 9.47 Å². The molecule has 0 amide bonds. The standard InChI is InChI=1S/C15H22F3NO2/c16-15(17,18)21-14-5-2-11(3-6-14)1-4-12-7-8-13(20-12)9-10-19/h2,5,12-13H,1,3-4,6-10,19H2. The summed E-state index contributed by atoms with van der Waals surface area (Å²) in [6, 6.07) is 0. The quantitative estimate of drug-likeness (QED) is 0.811. The largest absolute Gasteiger partial charge is 0.572 e. The lowest BCUT2D eigenvalue weighted by Gasteiger charge is -2.18. The second-order valence-corrected chi connectivity index (χ2v) is 5.58. The van der Waals surface area contributed by atoms with Crippen LogP contribution >= 0.6 is 0 Å². The number of allylic oxidation sites excluding steroid dienone is 4. The molecule has 0 spiro atoms. The van der Waals surface area contributed by atoms with E-state index in [4.69, 9.17) is 10.5 Å². The van der Waals surface area contributed by atoms with E-state index < -0.39 is 6.36 Å². The first-order chi connectivity index (χ1) is 9.96. The topological polar surface area (TPSA) is 44.5 Å². The molecule has 0 saturated carbocycles. The number of halogens is 3. The molecule has 120 valence electrons. The first-order valence-electron chi connectivity index (χ1n) is 7.46. The van der Waals surface area contributed by atoms with Crippen molar-refractivity contribution in [2.75, 3.05) is 6.54 Å². The molecule has 0 bridgehead atoms. The summed E-state index contributed by atoms with van der Waals surface area (Å²) in [6.45, 7) is 0.648. The highest BCUT2D eigenvalue weighted by Crippen LogP contribution is 2.31. The number of ether oxygens (including phenoxy) is 2. The number of alkyl halides is 3. The van der Waals surface area contributed by atoms with Gasteiger partial charge in [0.05, 0.1) is 12.2 Å². The summed E-state index contributed by atoms with van der Waals surface area (Å²) < 4.78 is 46.0. The van der Waals surface area contributed by atoms with Gasteiger partial charge in [-0.25, -0.2) is 0 Å². The molecule has 0 radical (unpaired) electrons. The predicted molar refractivity (Wildman–Crippen MR) is 73.3 cm³/mol. The second-order valence-electron chi connectivity index (χ2n) is 5.58. The third-order valence-electron chi connectivity index (χ3n) is 3.92. The van der Waals surface area contributed by atoms with E-state index in [1.54, 1.807) is 6.08 Å². The Labute approximate surface area is 123 Å². The Morgan fingerprint density at radius 2 is 1.86 bits per heavy atom. The molecule has 2 rings (SSSR count). The van der Waals surface area contributed by atoms with E-state index in [1.807, 2.05) is 0 Å². The molecular formula is C15H22F3NO2. The number of hydrogen-bond acceptors (Lipinski definition) is 3. The molecular weight excluding hydrogens is 283 g/mol. The Balaban J connectivity index is 1.73. The Morgan fingerprint density at radius 3 is 2.43 bits per heavy atom. The second kappa shape index (κ2) is 7.31. The number of hydrogen-bond donors (Lipinski definition) is 1. The summed E-state index contributed by atoms with van der Waals surface area (Å²) in [5.41, 5.74) is 6.68. The molecule has 1 saturated heterocycles. The van der Waals surface area contributed by atoms with Crippen LogP contribution < -0.4 is 5.73 Å². The maximum absolute atomic E-state index is 12.1. The summed E-state index contributed by atoms with van der Waals surface area (Å²) in [5, 5.41) is 0. The molecule has 3 nitrogen and oxygen atoms in total. The van der Waals surface area contributed by atoms with Crippen LogP contribution in [0.3, 0.4) is 0 Å². The highest BCUT2D eigenvalue weighted by atomic mass is 19.4. The molecule has 6 heteroatoms. The highest BCUT2D eigenvalue weighted by Gasteiger charge is 2.32. The average Bonchev–Trinajstić information content (AvgIpc) is 2.84. The fourth-order valence-electron chi connectivity index (χ4n) is 2.84. The van der Waals surface area contributed by atoms with Gasteiger partial charge in [0.15, 0.2) is 0 Å². The summed E-state index contributed by atoms with van der Waals surface area (Å²) in [5.74, 6) is -0.00798. The van der Waals surface area contributed by atoms with Gasteiger partial charge in [-0.1, -0.05) is 11.6 Å². The van der Waals surface area contributed by atoms with Crippen LogP contribution in [0, 0.1) is 0 Å². The van der Waals surface area contributed by atoms with Crippen LogP contribution in [0.15, 0.2) is 23.5 Å². The summed E-state index contributed by atoms with van der Waals surface area (Å²) in [7, 11) is 0. The van der Waals surface area contributed by atoms with Crippen LogP contribution in [-0.4, -0.2) is 25.1 Å². The maximum Gasteiger partial charge on any atom is 0.572 e. The molecule has 2 unspecified atom stereocenters. The van der Waals surface area contributed by atoms with Crippen LogP contribution in [0.1, 0.15) is 44.9 Å². The van der Waals surface area contributed by atoms with E-state index in [-0.39, 0.29) is 18.0 Å². The molecule has 0 aromatic heterocycles. The maximum atomic E-state index is 12.1. The molecule has 1 aliphatic carbocycles. The zero-order valence-electron chi connectivity index (χ0n) is 12.0. The molecule has 2 aliphatic rings. The summed E-state index contributed by atoms with van der Waals surface area (Å²) in [4.78, 5) is 0. The first-order valence-corrected chi connectivity index (χ1v) is 7.46. The Bertz CT molecular complexity index is 404. The minimum atomic E-state index is -4.59. The van der Waals surface area contributed by atoms with Gasteiger partial charge in [-0.15, -0.1) is 13.2 Å². The van der Waals surface area contributed by atoms with E-state index in [0.29, 0.717) is 19.4 Å². The summed E-state index contributed by atoms with van der Waals surface area (Å²) >= 11 is 0. The zero-order valence-corrected chi connectivity index (χ0v) is 12.0. The van der Waals surface area contributed by atoms with Gasteiger partial charge in [0.1, 0.15) is 5.76 Å². The zero-order chi connectivity index (χ0) is 15.3. The molecule has 1 fully saturated rings. The Kier molecular flexibility index (Phi) is 5.70. The van der Waals surface area contributed by atoms with E-state index in [2.05, 4.69) is 4.74 Å². The number of rotatable bonds is 6. The molecule has 0 aromatic carbocycles. The van der Waals surface area contributed by atoms with Gasteiger partial charge in [-0.2, -0.15) is 0 Å². The molecule has 0 aromatic rings. The highest BCUT2D eigenvalue weighted by molar-refractivity contribution is 5.21. The van der Waals surface area contributed by atoms with Crippen molar-refractivity contribution in [2.45, 2.75) is 63.5 Å². The Hall–Kier alpha value is -1.01. The normalized spacial score (nSPS) is 26.5. The fraction of sp³-hybridized carbons (Fsp3) is 0.733. The van der Waals surface area contributed by atoms with Gasteiger partial charge in [-0.05, 0) is 51.1 Å². The van der Waals surface area contributed by atoms with Gasteiger partial charge in [0, 0.05) is 6.42 Å². The lowest BCUT2D eigenvalue weighted by atomic mass is 9.97. The minimum Gasteiger partial charge on any atom is -0.410 e. The fourth-order valence-corrected chi connectivity index (χ4v) is 2.84. The molecule has 1 heterocycles. The summed E-state index contributed by atoms with van der Waals surface area (Å²) in [6.07, 6.45) is 4.88. The minimum absolute atomic E-state index is 0.00798. The van der Waals surface area contributed by atoms with Crippen molar-refractivity contribution in [3.63, 3.8) is 0 Å². The van der Waals surface area contributed by atoms with E-state index >= 15 is 0 Å². The van der Waals surface area contributed by atoms with Crippen molar-refractivity contribution in [3.05, 3.63) is 23.5 Å². The van der Waals surface area contributed by atoms with Crippen molar-refractivity contribution in [1.29, 1.82) is 0 Å². The van der Waals surface area contributed by atoms with Gasteiger partial charge < -0.3 is 15.2 Å². The van der Waals surface area contributed by atoms with E-state index in [0.717, 1.165) is 37.7 Å². The predicted octanol–water partition coefficient (Wildman–Crippen LogP) is 3.80. The van der Waals surface area contributed by atoms with Crippen molar-refractivity contribution in [3.8, 4) is 0 Å². The van der Waals surface area contributed by atoms with Gasteiger partial charge in [-0.3, -0.25) is 0 Å². The van der Waals surface area contributed by atoms with Crippen molar-refractivity contribution in [1.82, 2.24) is 0 Å². The smallest absolute Gasteiger partial charge is 0.410 e. The molecule has 2 atom stereocenters. The first kappa shape index (κ1) is 16.4. The van der Waals surface area contributed by atoms with Crippen molar-refractivity contribution < 1.29 is 22.6 Å².